The molecule has 2 unspecified atom stereocenters. The van der Waals surface area contributed by atoms with Gasteiger partial charge in [0.15, 0.2) is 0 Å². The van der Waals surface area contributed by atoms with Crippen molar-refractivity contribution >= 4 is 5.78 Å². The van der Waals surface area contributed by atoms with Crippen LogP contribution >= 0.6 is 0 Å². The van der Waals surface area contributed by atoms with E-state index in [1.807, 2.05) is 6.08 Å². The number of Topliss-reactive ketones (excluding diaryl/α,β-unsaturated/α-hetero) is 1. The van der Waals surface area contributed by atoms with Gasteiger partial charge in [0.05, 0.1) is 0 Å². The summed E-state index contributed by atoms with van der Waals surface area (Å²) in [5.74, 6) is 0.698. The van der Waals surface area contributed by atoms with Gasteiger partial charge in [-0.2, -0.15) is 0 Å². The highest BCUT2D eigenvalue weighted by Crippen LogP contribution is 2.18. The first-order valence-electron chi connectivity index (χ1n) is 5.12. The average Bonchev–Trinajstić information content (AvgIpc) is 2.52. The molecule has 0 radical (unpaired) electrons. The summed E-state index contributed by atoms with van der Waals surface area (Å²) in [5.41, 5.74) is 0. The van der Waals surface area contributed by atoms with Crippen LogP contribution in [0.5, 0.6) is 0 Å². The van der Waals surface area contributed by atoms with E-state index in [4.69, 9.17) is 0 Å². The van der Waals surface area contributed by atoms with Crippen molar-refractivity contribution in [3.05, 3.63) is 12.7 Å². The van der Waals surface area contributed by atoms with E-state index in [1.165, 1.54) is 0 Å². The number of rotatable bonds is 5. The summed E-state index contributed by atoms with van der Waals surface area (Å²) in [6.45, 7) is 6.75. The number of allylic oxidation sites excluding steroid dienone is 1. The fraction of sp³-hybridized carbons (Fsp3) is 0.727. The molecule has 1 N–H and O–H groups in total. The molecule has 0 bridgehead atoms. The molecule has 2 heteroatoms. The summed E-state index contributed by atoms with van der Waals surface area (Å²) in [4.78, 5) is 11.7. The molecule has 1 saturated heterocycles. The first-order valence-corrected chi connectivity index (χ1v) is 5.12. The third-order valence-corrected chi connectivity index (χ3v) is 2.77. The van der Waals surface area contributed by atoms with Gasteiger partial charge in [-0.25, -0.2) is 0 Å². The number of hydrogen-bond acceptors (Lipinski definition) is 2. The summed E-state index contributed by atoms with van der Waals surface area (Å²) in [5, 5.41) is 3.30. The van der Waals surface area contributed by atoms with Gasteiger partial charge in [0, 0.05) is 18.4 Å². The van der Waals surface area contributed by atoms with Gasteiger partial charge in [-0.1, -0.05) is 6.08 Å². The summed E-state index contributed by atoms with van der Waals surface area (Å²) in [7, 11) is 0. The molecule has 0 aromatic carbocycles. The third kappa shape index (κ3) is 2.96. The van der Waals surface area contributed by atoms with Crippen LogP contribution in [0.15, 0.2) is 12.7 Å². The first-order chi connectivity index (χ1) is 6.25. The Hall–Kier alpha value is -0.630. The van der Waals surface area contributed by atoms with Gasteiger partial charge in [0.25, 0.3) is 0 Å². The molecule has 2 atom stereocenters. The van der Waals surface area contributed by atoms with Gasteiger partial charge in [0.1, 0.15) is 5.78 Å². The standard InChI is InChI=1S/C11H19NO/c1-3-4-5-6-11(13)10-7-8-12-9(10)2/h3,9-10,12H,1,4-8H2,2H3. The molecule has 0 amide bonds. The molecule has 13 heavy (non-hydrogen) atoms. The van der Waals surface area contributed by atoms with Crippen molar-refractivity contribution in [3.8, 4) is 0 Å². The van der Waals surface area contributed by atoms with E-state index in [2.05, 4.69) is 18.8 Å². The first kappa shape index (κ1) is 10.5. The molecule has 74 valence electrons. The minimum atomic E-state index is 0.268. The molecule has 0 aromatic heterocycles. The normalized spacial score (nSPS) is 27.5. The Kier molecular flexibility index (Phi) is 4.16. The van der Waals surface area contributed by atoms with Crippen LogP contribution in [0.4, 0.5) is 0 Å². The Morgan fingerprint density at radius 2 is 2.46 bits per heavy atom. The highest BCUT2D eigenvalue weighted by atomic mass is 16.1. The van der Waals surface area contributed by atoms with Crippen molar-refractivity contribution in [3.63, 3.8) is 0 Å². The zero-order chi connectivity index (χ0) is 9.68. The molecule has 1 aliphatic rings. The highest BCUT2D eigenvalue weighted by molar-refractivity contribution is 5.81. The smallest absolute Gasteiger partial charge is 0.137 e. The van der Waals surface area contributed by atoms with Crippen LogP contribution in [0.1, 0.15) is 32.6 Å². The van der Waals surface area contributed by atoms with Crippen LogP contribution in [0.2, 0.25) is 0 Å². The number of nitrogens with one attached hydrogen (secondary N) is 1. The van der Waals surface area contributed by atoms with Gasteiger partial charge < -0.3 is 5.32 Å². The van der Waals surface area contributed by atoms with Crippen LogP contribution in [0, 0.1) is 5.92 Å². The Bertz CT molecular complexity index is 189. The van der Waals surface area contributed by atoms with E-state index in [1.54, 1.807) is 0 Å². The lowest BCUT2D eigenvalue weighted by Gasteiger charge is -2.12. The van der Waals surface area contributed by atoms with E-state index < -0.39 is 0 Å². The van der Waals surface area contributed by atoms with Gasteiger partial charge >= 0.3 is 0 Å². The number of unbranched alkanes of at least 4 members (excludes halogenated alkanes) is 1. The molecule has 1 fully saturated rings. The summed E-state index contributed by atoms with van der Waals surface area (Å²) >= 11 is 0. The monoisotopic (exact) mass is 181 g/mol. The molecule has 0 spiro atoms. The summed E-state index contributed by atoms with van der Waals surface area (Å²) in [6.07, 6.45) is 5.55. The lowest BCUT2D eigenvalue weighted by atomic mass is 9.93. The van der Waals surface area contributed by atoms with Gasteiger partial charge in [-0.05, 0) is 32.7 Å². The molecule has 1 rings (SSSR count). The van der Waals surface area contributed by atoms with Gasteiger partial charge in [0.2, 0.25) is 0 Å². The topological polar surface area (TPSA) is 29.1 Å². The maximum atomic E-state index is 11.7. The minimum absolute atomic E-state index is 0.268. The Morgan fingerprint density at radius 1 is 1.69 bits per heavy atom. The van der Waals surface area contributed by atoms with Crippen LogP contribution in [-0.2, 0) is 4.79 Å². The molecule has 2 nitrogen and oxygen atoms in total. The largest absolute Gasteiger partial charge is 0.314 e. The van der Waals surface area contributed by atoms with E-state index in [9.17, 15) is 4.79 Å². The predicted molar refractivity (Wildman–Crippen MR) is 54.6 cm³/mol. The fourth-order valence-corrected chi connectivity index (χ4v) is 1.90. The Balaban J connectivity index is 2.26. The second-order valence-corrected chi connectivity index (χ2v) is 3.79. The number of carbonyl (C=O) groups excluding carboxylic acids is 1. The minimum Gasteiger partial charge on any atom is -0.314 e. The molecule has 1 heterocycles. The molecule has 0 aromatic rings. The maximum absolute atomic E-state index is 11.7. The van der Waals surface area contributed by atoms with Crippen LogP contribution in [-0.4, -0.2) is 18.4 Å². The molecule has 0 saturated carbocycles. The lowest BCUT2D eigenvalue weighted by Crippen LogP contribution is -2.28. The van der Waals surface area contributed by atoms with E-state index in [0.29, 0.717) is 11.8 Å². The Labute approximate surface area is 80.4 Å². The third-order valence-electron chi connectivity index (χ3n) is 2.77. The van der Waals surface area contributed by atoms with Crippen molar-refractivity contribution in [2.45, 2.75) is 38.6 Å². The lowest BCUT2D eigenvalue weighted by molar-refractivity contribution is -0.123. The number of hydrogen-bond donors (Lipinski definition) is 1. The number of ketones is 1. The molecular weight excluding hydrogens is 162 g/mol. The van der Waals surface area contributed by atoms with Crippen molar-refractivity contribution in [1.29, 1.82) is 0 Å². The zero-order valence-electron chi connectivity index (χ0n) is 8.38. The average molecular weight is 181 g/mol. The van der Waals surface area contributed by atoms with Crippen molar-refractivity contribution in [2.75, 3.05) is 6.54 Å². The van der Waals surface area contributed by atoms with E-state index >= 15 is 0 Å². The van der Waals surface area contributed by atoms with E-state index in [-0.39, 0.29) is 5.92 Å². The van der Waals surface area contributed by atoms with Crippen LogP contribution in [0.25, 0.3) is 0 Å². The quantitative estimate of drug-likeness (QED) is 0.518. The molecule has 0 aliphatic carbocycles. The number of carbonyl (C=O) groups is 1. The molecule has 1 aliphatic heterocycles. The predicted octanol–water partition coefficient (Wildman–Crippen LogP) is 1.91. The maximum Gasteiger partial charge on any atom is 0.137 e. The summed E-state index contributed by atoms with van der Waals surface area (Å²) < 4.78 is 0. The molecular formula is C11H19NO. The van der Waals surface area contributed by atoms with Crippen LogP contribution in [0.3, 0.4) is 0 Å². The Morgan fingerprint density at radius 3 is 3.00 bits per heavy atom. The fourth-order valence-electron chi connectivity index (χ4n) is 1.90. The second kappa shape index (κ2) is 5.18. The van der Waals surface area contributed by atoms with Crippen molar-refractivity contribution in [1.82, 2.24) is 5.32 Å². The second-order valence-electron chi connectivity index (χ2n) is 3.79. The van der Waals surface area contributed by atoms with Gasteiger partial charge in [-0.3, -0.25) is 4.79 Å². The zero-order valence-corrected chi connectivity index (χ0v) is 8.38. The van der Waals surface area contributed by atoms with Crippen molar-refractivity contribution < 1.29 is 4.79 Å². The van der Waals surface area contributed by atoms with E-state index in [0.717, 1.165) is 32.2 Å². The van der Waals surface area contributed by atoms with Crippen molar-refractivity contribution in [2.24, 2.45) is 5.92 Å². The van der Waals surface area contributed by atoms with Crippen LogP contribution < -0.4 is 5.32 Å². The summed E-state index contributed by atoms with van der Waals surface area (Å²) in [6, 6.07) is 0.385. The van der Waals surface area contributed by atoms with Gasteiger partial charge in [-0.15, -0.1) is 6.58 Å². The highest BCUT2D eigenvalue weighted by Gasteiger charge is 2.28. The SMILES string of the molecule is C=CCCCC(=O)C1CCNC1C.